The third-order valence-electron chi connectivity index (χ3n) is 5.63. The lowest BCUT2D eigenvalue weighted by atomic mass is 10.1. The number of sulfonamides is 1. The third-order valence-corrected chi connectivity index (χ3v) is 6.97. The zero-order chi connectivity index (χ0) is 20.6. The Kier molecular flexibility index (Phi) is 5.33. The second-order valence-electron chi connectivity index (χ2n) is 7.71. The van der Waals surface area contributed by atoms with Crippen LogP contribution in [0.4, 0.5) is 5.69 Å². The van der Waals surface area contributed by atoms with Crippen molar-refractivity contribution in [2.24, 2.45) is 4.40 Å². The SMILES string of the molecule is C[C@H](OC(=O)c1ccc2c(c1)S(=O)(=O)N=C1CCCCCN12)C(=O)N1CCCC1. The molecule has 8 nitrogen and oxygen atoms in total. The topological polar surface area (TPSA) is 96.4 Å². The Balaban J connectivity index is 1.57. The monoisotopic (exact) mass is 419 g/mol. The van der Waals surface area contributed by atoms with E-state index in [0.29, 0.717) is 37.6 Å². The van der Waals surface area contributed by atoms with Gasteiger partial charge in [-0.15, -0.1) is 4.40 Å². The highest BCUT2D eigenvalue weighted by molar-refractivity contribution is 7.90. The molecule has 0 bridgehead atoms. The molecule has 2 fully saturated rings. The number of hydrogen-bond donors (Lipinski definition) is 0. The first-order chi connectivity index (χ1) is 13.9. The molecule has 1 atom stereocenters. The van der Waals surface area contributed by atoms with Crippen molar-refractivity contribution >= 4 is 33.4 Å². The summed E-state index contributed by atoms with van der Waals surface area (Å²) in [5.74, 6) is -0.371. The molecule has 3 aliphatic heterocycles. The van der Waals surface area contributed by atoms with Crippen molar-refractivity contribution < 1.29 is 22.7 Å². The number of carbonyl (C=O) groups is 2. The molecule has 0 spiro atoms. The molecule has 0 N–H and O–H groups in total. The van der Waals surface area contributed by atoms with E-state index in [0.717, 1.165) is 32.1 Å². The minimum atomic E-state index is -3.88. The van der Waals surface area contributed by atoms with Gasteiger partial charge in [0.2, 0.25) is 0 Å². The van der Waals surface area contributed by atoms with Crippen LogP contribution in [0, 0.1) is 0 Å². The molecule has 0 saturated carbocycles. The zero-order valence-electron chi connectivity index (χ0n) is 16.5. The van der Waals surface area contributed by atoms with Gasteiger partial charge in [0.25, 0.3) is 15.9 Å². The second kappa shape index (κ2) is 7.78. The highest BCUT2D eigenvalue weighted by atomic mass is 32.2. The summed E-state index contributed by atoms with van der Waals surface area (Å²) >= 11 is 0. The molecule has 3 aliphatic rings. The molecule has 1 aromatic carbocycles. The summed E-state index contributed by atoms with van der Waals surface area (Å²) in [7, 11) is -3.88. The van der Waals surface area contributed by atoms with Crippen LogP contribution in [0.5, 0.6) is 0 Å². The molecule has 0 radical (unpaired) electrons. The molecule has 0 aliphatic carbocycles. The van der Waals surface area contributed by atoms with Gasteiger partial charge in [-0.05, 0) is 50.8 Å². The fourth-order valence-corrected chi connectivity index (χ4v) is 5.36. The number of amidine groups is 1. The van der Waals surface area contributed by atoms with E-state index in [1.54, 1.807) is 24.0 Å². The predicted molar refractivity (Wildman–Crippen MR) is 108 cm³/mol. The van der Waals surface area contributed by atoms with Crippen LogP contribution < -0.4 is 4.90 Å². The first kappa shape index (κ1) is 19.9. The number of fused-ring (bicyclic) bond motifs is 3. The Morgan fingerprint density at radius 2 is 1.79 bits per heavy atom. The van der Waals surface area contributed by atoms with Gasteiger partial charge in [-0.1, -0.05) is 6.42 Å². The van der Waals surface area contributed by atoms with Crippen LogP contribution in [0.15, 0.2) is 27.5 Å². The van der Waals surface area contributed by atoms with Crippen LogP contribution in [0.2, 0.25) is 0 Å². The number of carbonyl (C=O) groups excluding carboxylic acids is 2. The van der Waals surface area contributed by atoms with Gasteiger partial charge in [0.05, 0.1) is 11.3 Å². The van der Waals surface area contributed by atoms with Crippen LogP contribution in [-0.2, 0) is 19.6 Å². The maximum Gasteiger partial charge on any atom is 0.338 e. The highest BCUT2D eigenvalue weighted by Gasteiger charge is 2.33. The Morgan fingerprint density at radius 1 is 1.07 bits per heavy atom. The second-order valence-corrected chi connectivity index (χ2v) is 9.28. The first-order valence-corrected chi connectivity index (χ1v) is 11.6. The summed E-state index contributed by atoms with van der Waals surface area (Å²) in [5.41, 5.74) is 0.650. The fraction of sp³-hybridized carbons (Fsp3) is 0.550. The normalized spacial score (nSPS) is 21.5. The highest BCUT2D eigenvalue weighted by Crippen LogP contribution is 2.35. The van der Waals surface area contributed by atoms with Gasteiger partial charge in [-0.2, -0.15) is 8.42 Å². The van der Waals surface area contributed by atoms with Crippen LogP contribution in [0.1, 0.15) is 55.8 Å². The first-order valence-electron chi connectivity index (χ1n) is 10.1. The van der Waals surface area contributed by atoms with E-state index in [9.17, 15) is 18.0 Å². The van der Waals surface area contributed by atoms with E-state index in [1.165, 1.54) is 6.07 Å². The largest absolute Gasteiger partial charge is 0.449 e. The van der Waals surface area contributed by atoms with E-state index in [2.05, 4.69) is 4.40 Å². The number of ether oxygens (including phenoxy) is 1. The molecule has 3 heterocycles. The minimum Gasteiger partial charge on any atom is -0.449 e. The van der Waals surface area contributed by atoms with E-state index in [1.807, 2.05) is 4.90 Å². The van der Waals surface area contributed by atoms with Crippen molar-refractivity contribution in [3.05, 3.63) is 23.8 Å². The number of nitrogens with zero attached hydrogens (tertiary/aromatic N) is 3. The number of likely N-dealkylation sites (tertiary alicyclic amines) is 1. The van der Waals surface area contributed by atoms with Gasteiger partial charge in [0, 0.05) is 26.1 Å². The van der Waals surface area contributed by atoms with Gasteiger partial charge in [-0.25, -0.2) is 4.79 Å². The van der Waals surface area contributed by atoms with Gasteiger partial charge < -0.3 is 14.5 Å². The Morgan fingerprint density at radius 3 is 2.55 bits per heavy atom. The lowest BCUT2D eigenvalue weighted by molar-refractivity contribution is -0.138. The van der Waals surface area contributed by atoms with Crippen molar-refractivity contribution in [1.29, 1.82) is 0 Å². The van der Waals surface area contributed by atoms with E-state index in [-0.39, 0.29) is 16.4 Å². The molecule has 29 heavy (non-hydrogen) atoms. The molecule has 2 saturated heterocycles. The van der Waals surface area contributed by atoms with Gasteiger partial charge >= 0.3 is 5.97 Å². The summed E-state index contributed by atoms with van der Waals surface area (Å²) in [5, 5.41) is 0. The number of esters is 1. The standard InChI is InChI=1S/C20H25N3O5S/c1-14(19(24)22-10-5-6-11-22)28-20(25)15-8-9-16-17(13-15)29(26,27)21-18-7-3-2-4-12-23(16)18/h8-9,13-14H,2-7,10-12H2,1H3/t14-/m0/s1. The summed E-state index contributed by atoms with van der Waals surface area (Å²) in [4.78, 5) is 28.6. The smallest absolute Gasteiger partial charge is 0.338 e. The molecule has 1 amide bonds. The van der Waals surface area contributed by atoms with Gasteiger partial charge in [0.1, 0.15) is 10.7 Å². The molecule has 4 rings (SSSR count). The average Bonchev–Trinajstić information content (AvgIpc) is 3.13. The molecule has 0 aromatic heterocycles. The Hall–Kier alpha value is -2.42. The van der Waals surface area contributed by atoms with E-state index >= 15 is 0 Å². The summed E-state index contributed by atoms with van der Waals surface area (Å²) < 4.78 is 34.7. The zero-order valence-corrected chi connectivity index (χ0v) is 17.3. The van der Waals surface area contributed by atoms with Crippen LogP contribution in [0.25, 0.3) is 0 Å². The number of anilines is 1. The lowest BCUT2D eigenvalue weighted by Crippen LogP contribution is -2.38. The lowest BCUT2D eigenvalue weighted by Gasteiger charge is -2.29. The Labute approximate surface area is 170 Å². The summed E-state index contributed by atoms with van der Waals surface area (Å²) in [6.07, 6.45) is 4.51. The van der Waals surface area contributed by atoms with Crippen LogP contribution in [0.3, 0.4) is 0 Å². The number of rotatable bonds is 3. The summed E-state index contributed by atoms with van der Waals surface area (Å²) in [6, 6.07) is 4.50. The van der Waals surface area contributed by atoms with Crippen molar-refractivity contribution in [3.63, 3.8) is 0 Å². The average molecular weight is 420 g/mol. The third kappa shape index (κ3) is 3.88. The number of benzene rings is 1. The van der Waals surface area contributed by atoms with Gasteiger partial charge in [-0.3, -0.25) is 4.79 Å². The van der Waals surface area contributed by atoms with E-state index in [4.69, 9.17) is 4.74 Å². The van der Waals surface area contributed by atoms with Crippen molar-refractivity contribution in [1.82, 2.24) is 4.90 Å². The maximum absolute atomic E-state index is 12.7. The van der Waals surface area contributed by atoms with Crippen LogP contribution >= 0.6 is 0 Å². The molecule has 9 heteroatoms. The summed E-state index contributed by atoms with van der Waals surface area (Å²) in [6.45, 7) is 3.59. The van der Waals surface area contributed by atoms with Gasteiger partial charge in [0.15, 0.2) is 6.10 Å². The minimum absolute atomic E-state index is 0.0103. The Bertz CT molecular complexity index is 966. The maximum atomic E-state index is 12.7. The van der Waals surface area contributed by atoms with Crippen LogP contribution in [-0.4, -0.2) is 56.8 Å². The predicted octanol–water partition coefficient (Wildman–Crippen LogP) is 2.34. The number of amides is 1. The molecule has 0 unspecified atom stereocenters. The quantitative estimate of drug-likeness (QED) is 0.698. The van der Waals surface area contributed by atoms with Crippen molar-refractivity contribution in [2.75, 3.05) is 24.5 Å². The van der Waals surface area contributed by atoms with E-state index < -0.39 is 22.1 Å². The molecule has 156 valence electrons. The van der Waals surface area contributed by atoms with Crippen molar-refractivity contribution in [3.8, 4) is 0 Å². The fourth-order valence-electron chi connectivity index (χ4n) is 4.08. The number of hydrogen-bond acceptors (Lipinski definition) is 6. The molecular weight excluding hydrogens is 394 g/mol. The van der Waals surface area contributed by atoms with Crippen molar-refractivity contribution in [2.45, 2.75) is 56.4 Å². The molecular formula is C20H25N3O5S. The molecule has 1 aromatic rings.